The van der Waals surface area contributed by atoms with Crippen LogP contribution in [0.4, 0.5) is 0 Å². The first-order chi connectivity index (χ1) is 21.4. The molecular weight excluding hydrogens is 597 g/mol. The van der Waals surface area contributed by atoms with E-state index < -0.39 is 12.6 Å². The Hall–Kier alpha value is -4.05. The van der Waals surface area contributed by atoms with Crippen molar-refractivity contribution in [1.29, 1.82) is 0 Å². The molecule has 0 spiro atoms. The highest BCUT2D eigenvalue weighted by molar-refractivity contribution is 8.14. The van der Waals surface area contributed by atoms with Crippen molar-refractivity contribution in [2.24, 2.45) is 0 Å². The van der Waals surface area contributed by atoms with Gasteiger partial charge in [0, 0.05) is 10.6 Å². The van der Waals surface area contributed by atoms with E-state index >= 15 is 0 Å². The Kier molecular flexibility index (Phi) is 15.1. The van der Waals surface area contributed by atoms with E-state index in [1.807, 2.05) is 72.8 Å². The van der Waals surface area contributed by atoms with Crippen LogP contribution in [0.1, 0.15) is 24.8 Å². The molecule has 9 heteroatoms. The van der Waals surface area contributed by atoms with E-state index in [9.17, 15) is 14.4 Å². The maximum Gasteiger partial charge on any atom is 0.335 e. The van der Waals surface area contributed by atoms with Gasteiger partial charge in [-0.05, 0) is 96.3 Å². The lowest BCUT2D eigenvalue weighted by Crippen LogP contribution is -2.11. The van der Waals surface area contributed by atoms with Gasteiger partial charge in [0.05, 0.1) is 32.0 Å². The second-order valence-electron chi connectivity index (χ2n) is 9.40. The minimum Gasteiger partial charge on any atom is -0.494 e. The van der Waals surface area contributed by atoms with Crippen LogP contribution in [0.15, 0.2) is 109 Å². The largest absolute Gasteiger partial charge is 0.494 e. The van der Waals surface area contributed by atoms with Crippen LogP contribution in [0.25, 0.3) is 17.2 Å². The Labute approximate surface area is 267 Å². The van der Waals surface area contributed by atoms with Crippen molar-refractivity contribution in [2.45, 2.75) is 24.2 Å². The Morgan fingerprint density at radius 2 is 1.32 bits per heavy atom. The number of rotatable bonds is 18. The van der Waals surface area contributed by atoms with Crippen molar-refractivity contribution in [3.05, 3.63) is 109 Å². The summed E-state index contributed by atoms with van der Waals surface area (Å²) in [4.78, 5) is 36.0. The molecule has 0 radical (unpaired) electrons. The van der Waals surface area contributed by atoms with Crippen LogP contribution in [-0.4, -0.2) is 53.5 Å². The second-order valence-corrected chi connectivity index (χ2v) is 11.6. The normalized spacial score (nSPS) is 10.8. The van der Waals surface area contributed by atoms with Crippen molar-refractivity contribution in [1.82, 2.24) is 0 Å². The summed E-state index contributed by atoms with van der Waals surface area (Å²) in [6.07, 6.45) is 6.78. The molecule has 0 bridgehead atoms. The van der Waals surface area contributed by atoms with Crippen LogP contribution in [0, 0.1) is 0 Å². The van der Waals surface area contributed by atoms with Crippen LogP contribution in [-0.2, 0) is 19.1 Å². The van der Waals surface area contributed by atoms with Crippen LogP contribution >= 0.6 is 23.5 Å². The zero-order valence-corrected chi connectivity index (χ0v) is 26.1. The van der Waals surface area contributed by atoms with Gasteiger partial charge >= 0.3 is 5.97 Å². The number of aliphatic hydroxyl groups is 1. The molecule has 3 aromatic carbocycles. The number of ether oxygens (including phenoxy) is 3. The standard InChI is InChI=1S/C35H36O7S2/c1-3-33(37)43-24-6-23-41-30-14-7-27(8-15-30)9-20-34(38)44-32-18-12-29(13-19-32)28-10-16-31(17-11-28)40-21-4-5-22-42-35(39)26(2)25-36/h3,7-20,36H,1-2,4-6,21-25H2/b20-9+. The number of aliphatic hydroxyl groups excluding tert-OH is 1. The summed E-state index contributed by atoms with van der Waals surface area (Å²) >= 11 is 2.39. The van der Waals surface area contributed by atoms with Crippen molar-refractivity contribution in [3.63, 3.8) is 0 Å². The molecule has 3 aromatic rings. The number of thioether (sulfide) groups is 2. The summed E-state index contributed by atoms with van der Waals surface area (Å²) < 4.78 is 16.5. The van der Waals surface area contributed by atoms with Crippen molar-refractivity contribution in [2.75, 3.05) is 32.2 Å². The second kappa shape index (κ2) is 19.3. The highest BCUT2D eigenvalue weighted by Gasteiger charge is 2.07. The average molecular weight is 633 g/mol. The number of carbonyl (C=O) groups is 3. The molecule has 0 aliphatic heterocycles. The molecule has 0 fully saturated rings. The number of hydrogen-bond donors (Lipinski definition) is 1. The van der Waals surface area contributed by atoms with Crippen LogP contribution < -0.4 is 9.47 Å². The monoisotopic (exact) mass is 632 g/mol. The highest BCUT2D eigenvalue weighted by atomic mass is 32.2. The Balaban J connectivity index is 1.37. The van der Waals surface area contributed by atoms with Gasteiger partial charge in [-0.1, -0.05) is 67.4 Å². The molecule has 1 N–H and O–H groups in total. The third kappa shape index (κ3) is 12.7. The first-order valence-electron chi connectivity index (χ1n) is 14.1. The van der Waals surface area contributed by atoms with E-state index in [0.717, 1.165) is 57.7 Å². The van der Waals surface area contributed by atoms with Gasteiger partial charge in [-0.15, -0.1) is 0 Å². The van der Waals surface area contributed by atoms with Gasteiger partial charge in [-0.2, -0.15) is 0 Å². The van der Waals surface area contributed by atoms with E-state index in [1.54, 1.807) is 12.2 Å². The van der Waals surface area contributed by atoms with Gasteiger partial charge < -0.3 is 19.3 Å². The summed E-state index contributed by atoms with van der Waals surface area (Å²) in [7, 11) is 0. The average Bonchev–Trinajstić information content (AvgIpc) is 3.05. The number of benzene rings is 3. The zero-order chi connectivity index (χ0) is 31.6. The van der Waals surface area contributed by atoms with Gasteiger partial charge in [-0.3, -0.25) is 9.59 Å². The lowest BCUT2D eigenvalue weighted by Gasteiger charge is -2.08. The summed E-state index contributed by atoms with van der Waals surface area (Å²) in [6.45, 7) is 7.74. The van der Waals surface area contributed by atoms with Crippen molar-refractivity contribution >= 4 is 45.8 Å². The molecule has 0 unspecified atom stereocenters. The molecule has 0 saturated heterocycles. The smallest absolute Gasteiger partial charge is 0.335 e. The van der Waals surface area contributed by atoms with Crippen LogP contribution in [0.3, 0.4) is 0 Å². The molecular formula is C35H36O7S2. The first-order valence-corrected chi connectivity index (χ1v) is 15.9. The summed E-state index contributed by atoms with van der Waals surface area (Å²) in [5.41, 5.74) is 3.00. The van der Waals surface area contributed by atoms with E-state index in [2.05, 4.69) is 13.2 Å². The molecule has 0 amide bonds. The lowest BCUT2D eigenvalue weighted by atomic mass is 10.1. The fourth-order valence-corrected chi connectivity index (χ4v) is 4.88. The predicted molar refractivity (Wildman–Crippen MR) is 178 cm³/mol. The molecule has 0 aromatic heterocycles. The van der Waals surface area contributed by atoms with Crippen molar-refractivity contribution < 1.29 is 33.7 Å². The van der Waals surface area contributed by atoms with Gasteiger partial charge in [-0.25, -0.2) is 4.79 Å². The fourth-order valence-electron chi connectivity index (χ4n) is 3.65. The topological polar surface area (TPSA) is 99.1 Å². The van der Waals surface area contributed by atoms with E-state index in [-0.39, 0.29) is 22.4 Å². The van der Waals surface area contributed by atoms with E-state index in [0.29, 0.717) is 25.4 Å². The van der Waals surface area contributed by atoms with Gasteiger partial charge in [0.1, 0.15) is 11.5 Å². The third-order valence-corrected chi connectivity index (χ3v) is 7.83. The molecule has 230 valence electrons. The predicted octanol–water partition coefficient (Wildman–Crippen LogP) is 7.15. The van der Waals surface area contributed by atoms with Crippen molar-refractivity contribution in [3.8, 4) is 22.6 Å². The molecule has 44 heavy (non-hydrogen) atoms. The fraction of sp³-hybridized carbons (Fsp3) is 0.229. The Morgan fingerprint density at radius 1 is 0.750 bits per heavy atom. The SMILES string of the molecule is C=CC(=O)SCCCOc1ccc(/C=C/C(=O)Sc2ccc(-c3ccc(OCCCCOC(=O)C(=C)CO)cc3)cc2)cc1. The van der Waals surface area contributed by atoms with E-state index in [4.69, 9.17) is 19.3 Å². The molecule has 0 atom stereocenters. The molecule has 0 saturated carbocycles. The zero-order valence-electron chi connectivity index (χ0n) is 24.4. The van der Waals surface area contributed by atoms with Gasteiger partial charge in [0.2, 0.25) is 10.2 Å². The lowest BCUT2D eigenvalue weighted by molar-refractivity contribution is -0.139. The summed E-state index contributed by atoms with van der Waals surface area (Å²) in [6, 6.07) is 23.1. The maximum atomic E-state index is 12.5. The minimum atomic E-state index is -0.577. The number of esters is 1. The number of hydrogen-bond acceptors (Lipinski definition) is 9. The van der Waals surface area contributed by atoms with E-state index in [1.165, 1.54) is 17.8 Å². The first kappa shape index (κ1) is 34.4. The summed E-state index contributed by atoms with van der Waals surface area (Å²) in [5, 5.41) is 8.76. The number of carbonyl (C=O) groups excluding carboxylic acids is 3. The van der Waals surface area contributed by atoms with Crippen LogP contribution in [0.2, 0.25) is 0 Å². The minimum absolute atomic E-state index is 0.0312. The molecule has 0 aliphatic carbocycles. The molecule has 7 nitrogen and oxygen atoms in total. The molecule has 3 rings (SSSR count). The van der Waals surface area contributed by atoms with Crippen LogP contribution in [0.5, 0.6) is 11.5 Å². The summed E-state index contributed by atoms with van der Waals surface area (Å²) in [5.74, 6) is 1.60. The quantitative estimate of drug-likeness (QED) is 0.0678. The highest BCUT2D eigenvalue weighted by Crippen LogP contribution is 2.27. The molecule has 0 heterocycles. The molecule has 0 aliphatic rings. The Morgan fingerprint density at radius 3 is 1.93 bits per heavy atom. The van der Waals surface area contributed by atoms with Gasteiger partial charge in [0.15, 0.2) is 0 Å². The number of unbranched alkanes of at least 4 members (excludes halogenated alkanes) is 1. The maximum absolute atomic E-state index is 12.5. The third-order valence-electron chi connectivity index (χ3n) is 6.04. The van der Waals surface area contributed by atoms with Gasteiger partial charge in [0.25, 0.3) is 0 Å². The Bertz CT molecular complexity index is 1410.